The highest BCUT2D eigenvalue weighted by Gasteiger charge is 2.07. The second kappa shape index (κ2) is 6.21. The van der Waals surface area contributed by atoms with Crippen molar-refractivity contribution in [3.63, 3.8) is 0 Å². The Balaban J connectivity index is 1.97. The van der Waals surface area contributed by atoms with Crippen LogP contribution in [0.25, 0.3) is 0 Å². The van der Waals surface area contributed by atoms with Gasteiger partial charge in [-0.05, 0) is 26.3 Å². The van der Waals surface area contributed by atoms with E-state index in [4.69, 9.17) is 0 Å². The molecule has 1 fully saturated rings. The molecule has 1 N–H and O–H groups in total. The molecular formula is C10H19N2. The van der Waals surface area contributed by atoms with Crippen LogP contribution in [0.15, 0.2) is 12.2 Å². The summed E-state index contributed by atoms with van der Waals surface area (Å²) in [6.07, 6.45) is 6.47. The van der Waals surface area contributed by atoms with Gasteiger partial charge in [0.15, 0.2) is 0 Å². The average Bonchev–Trinajstić information content (AvgIpc) is 2.14. The van der Waals surface area contributed by atoms with E-state index in [2.05, 4.69) is 23.2 Å². The van der Waals surface area contributed by atoms with Gasteiger partial charge in [0, 0.05) is 26.2 Å². The van der Waals surface area contributed by atoms with E-state index in [1.807, 2.05) is 6.08 Å². The number of nitrogens with one attached hydrogen (secondary N) is 1. The third kappa shape index (κ3) is 3.88. The van der Waals surface area contributed by atoms with E-state index in [1.165, 1.54) is 32.5 Å². The molecule has 69 valence electrons. The molecule has 1 aliphatic heterocycles. The SMILES string of the molecule is [CH2]C=CCCCN1CCNCC1. The molecule has 0 aromatic carbocycles. The van der Waals surface area contributed by atoms with Crippen molar-refractivity contribution >= 4 is 0 Å². The summed E-state index contributed by atoms with van der Waals surface area (Å²) in [4.78, 5) is 2.52. The lowest BCUT2D eigenvalue weighted by Crippen LogP contribution is -2.43. The maximum atomic E-state index is 3.67. The van der Waals surface area contributed by atoms with Crippen molar-refractivity contribution in [3.8, 4) is 0 Å². The van der Waals surface area contributed by atoms with Gasteiger partial charge in [0.2, 0.25) is 0 Å². The fraction of sp³-hybridized carbons (Fsp3) is 0.700. The summed E-state index contributed by atoms with van der Waals surface area (Å²) in [6.45, 7) is 9.66. The number of hydrogen-bond donors (Lipinski definition) is 1. The van der Waals surface area contributed by atoms with Crippen LogP contribution in [0.3, 0.4) is 0 Å². The Bertz CT molecular complexity index is 126. The van der Waals surface area contributed by atoms with Crippen LogP contribution < -0.4 is 5.32 Å². The number of allylic oxidation sites excluding steroid dienone is 2. The Morgan fingerprint density at radius 3 is 2.75 bits per heavy atom. The van der Waals surface area contributed by atoms with Crippen molar-refractivity contribution in [2.75, 3.05) is 32.7 Å². The van der Waals surface area contributed by atoms with E-state index in [1.54, 1.807) is 0 Å². The van der Waals surface area contributed by atoms with Gasteiger partial charge < -0.3 is 10.2 Å². The standard InChI is InChI=1S/C10H19N2/c1-2-3-4-5-8-12-9-6-11-7-10-12/h2-3,11H,1,4-10H2. The minimum absolute atomic E-state index is 1.16. The highest BCUT2D eigenvalue weighted by atomic mass is 15.2. The zero-order valence-corrected chi connectivity index (χ0v) is 7.76. The van der Waals surface area contributed by atoms with Crippen molar-refractivity contribution in [1.29, 1.82) is 0 Å². The molecule has 0 aromatic heterocycles. The smallest absolute Gasteiger partial charge is 0.0107 e. The maximum Gasteiger partial charge on any atom is 0.0107 e. The van der Waals surface area contributed by atoms with Gasteiger partial charge in [-0.2, -0.15) is 0 Å². The molecule has 1 saturated heterocycles. The van der Waals surface area contributed by atoms with Crippen LogP contribution >= 0.6 is 0 Å². The highest BCUT2D eigenvalue weighted by molar-refractivity contribution is 4.83. The van der Waals surface area contributed by atoms with Crippen LogP contribution in [0.2, 0.25) is 0 Å². The molecule has 12 heavy (non-hydrogen) atoms. The van der Waals surface area contributed by atoms with Crippen molar-refractivity contribution < 1.29 is 0 Å². The predicted molar refractivity (Wildman–Crippen MR) is 53.0 cm³/mol. The largest absolute Gasteiger partial charge is 0.314 e. The van der Waals surface area contributed by atoms with Gasteiger partial charge >= 0.3 is 0 Å². The van der Waals surface area contributed by atoms with Crippen LogP contribution in [-0.2, 0) is 0 Å². The first-order valence-corrected chi connectivity index (χ1v) is 4.81. The molecule has 1 aliphatic rings. The summed E-state index contributed by atoms with van der Waals surface area (Å²) < 4.78 is 0. The second-order valence-electron chi connectivity index (χ2n) is 3.21. The quantitative estimate of drug-likeness (QED) is 0.630. The molecule has 1 rings (SSSR count). The van der Waals surface area contributed by atoms with E-state index in [9.17, 15) is 0 Å². The highest BCUT2D eigenvalue weighted by Crippen LogP contribution is 1.97. The van der Waals surface area contributed by atoms with Gasteiger partial charge in [-0.1, -0.05) is 12.2 Å². The summed E-state index contributed by atoms with van der Waals surface area (Å²) in [7, 11) is 0. The van der Waals surface area contributed by atoms with E-state index >= 15 is 0 Å². The van der Waals surface area contributed by atoms with Crippen LogP contribution in [0, 0.1) is 6.92 Å². The molecule has 0 bridgehead atoms. The van der Waals surface area contributed by atoms with Crippen molar-refractivity contribution in [2.45, 2.75) is 12.8 Å². The van der Waals surface area contributed by atoms with Gasteiger partial charge in [0.25, 0.3) is 0 Å². The summed E-state index contributed by atoms with van der Waals surface area (Å²) in [5.41, 5.74) is 0. The van der Waals surface area contributed by atoms with Crippen LogP contribution in [-0.4, -0.2) is 37.6 Å². The Morgan fingerprint density at radius 1 is 1.33 bits per heavy atom. The zero-order chi connectivity index (χ0) is 8.65. The summed E-state index contributed by atoms with van der Waals surface area (Å²) >= 11 is 0. The lowest BCUT2D eigenvalue weighted by molar-refractivity contribution is 0.239. The van der Waals surface area contributed by atoms with E-state index in [0.717, 1.165) is 13.1 Å². The third-order valence-corrected chi connectivity index (χ3v) is 2.22. The molecule has 0 unspecified atom stereocenters. The van der Waals surface area contributed by atoms with Gasteiger partial charge in [-0.3, -0.25) is 0 Å². The normalized spacial score (nSPS) is 20.4. The first-order valence-electron chi connectivity index (χ1n) is 4.81. The molecule has 0 atom stereocenters. The van der Waals surface area contributed by atoms with E-state index in [-0.39, 0.29) is 0 Å². The number of rotatable bonds is 4. The molecule has 2 heteroatoms. The molecule has 0 saturated carbocycles. The maximum absolute atomic E-state index is 3.67. The van der Waals surface area contributed by atoms with Crippen molar-refractivity contribution in [2.24, 2.45) is 0 Å². The van der Waals surface area contributed by atoms with Gasteiger partial charge in [0.05, 0.1) is 0 Å². The van der Waals surface area contributed by atoms with Crippen molar-refractivity contribution in [3.05, 3.63) is 19.1 Å². The summed E-state index contributed by atoms with van der Waals surface area (Å²) in [6, 6.07) is 0. The van der Waals surface area contributed by atoms with E-state index < -0.39 is 0 Å². The Labute approximate surface area is 75.6 Å². The average molecular weight is 167 g/mol. The minimum Gasteiger partial charge on any atom is -0.314 e. The molecule has 0 aromatic rings. The first kappa shape index (κ1) is 9.75. The molecule has 2 nitrogen and oxygen atoms in total. The lowest BCUT2D eigenvalue weighted by atomic mass is 10.2. The zero-order valence-electron chi connectivity index (χ0n) is 7.76. The fourth-order valence-electron chi connectivity index (χ4n) is 1.49. The molecule has 1 radical (unpaired) electrons. The van der Waals surface area contributed by atoms with Gasteiger partial charge in [-0.25, -0.2) is 0 Å². The van der Waals surface area contributed by atoms with Gasteiger partial charge in [0.1, 0.15) is 0 Å². The second-order valence-corrected chi connectivity index (χ2v) is 3.21. The topological polar surface area (TPSA) is 15.3 Å². The third-order valence-electron chi connectivity index (χ3n) is 2.22. The Morgan fingerprint density at radius 2 is 2.08 bits per heavy atom. The Hall–Kier alpha value is -0.340. The minimum atomic E-state index is 1.16. The van der Waals surface area contributed by atoms with E-state index in [0.29, 0.717) is 0 Å². The van der Waals surface area contributed by atoms with Crippen LogP contribution in [0.4, 0.5) is 0 Å². The molecule has 0 amide bonds. The number of piperazine rings is 1. The van der Waals surface area contributed by atoms with Crippen molar-refractivity contribution in [1.82, 2.24) is 10.2 Å². The predicted octanol–water partition coefficient (Wildman–Crippen LogP) is 1.06. The summed E-state index contributed by atoms with van der Waals surface area (Å²) in [5.74, 6) is 0. The number of unbranched alkanes of at least 4 members (excludes halogenated alkanes) is 1. The molecular weight excluding hydrogens is 148 g/mol. The number of nitrogens with zero attached hydrogens (tertiary/aromatic N) is 1. The lowest BCUT2D eigenvalue weighted by Gasteiger charge is -2.26. The number of hydrogen-bond acceptors (Lipinski definition) is 2. The van der Waals surface area contributed by atoms with Gasteiger partial charge in [-0.15, -0.1) is 0 Å². The fourth-order valence-corrected chi connectivity index (χ4v) is 1.49. The Kier molecular flexibility index (Phi) is 5.04. The monoisotopic (exact) mass is 167 g/mol. The molecule has 1 heterocycles. The molecule has 0 spiro atoms. The van der Waals surface area contributed by atoms with Crippen LogP contribution in [0.1, 0.15) is 12.8 Å². The van der Waals surface area contributed by atoms with Crippen LogP contribution in [0.5, 0.6) is 0 Å². The first-order chi connectivity index (χ1) is 5.93. The summed E-state index contributed by atoms with van der Waals surface area (Å²) in [5, 5.41) is 3.35. The molecule has 0 aliphatic carbocycles.